The van der Waals surface area contributed by atoms with Crippen LogP contribution in [0.25, 0.3) is 0 Å². The molecule has 0 bridgehead atoms. The minimum Gasteiger partial charge on any atom is -0.350 e. The molecule has 2 saturated heterocycles. The predicted molar refractivity (Wildman–Crippen MR) is 145 cm³/mol. The van der Waals surface area contributed by atoms with Gasteiger partial charge >= 0.3 is 6.18 Å². The summed E-state index contributed by atoms with van der Waals surface area (Å²) in [5.74, 6) is -1.06. The van der Waals surface area contributed by atoms with Crippen molar-refractivity contribution in [1.82, 2.24) is 25.3 Å². The van der Waals surface area contributed by atoms with Crippen LogP contribution in [0.4, 0.5) is 13.2 Å². The molecular weight excluding hydrogens is 523 g/mol. The molecule has 40 heavy (non-hydrogen) atoms. The van der Waals surface area contributed by atoms with Gasteiger partial charge in [0, 0.05) is 68.5 Å². The van der Waals surface area contributed by atoms with Crippen LogP contribution in [0.3, 0.4) is 0 Å². The molecule has 4 rings (SSSR count). The van der Waals surface area contributed by atoms with Gasteiger partial charge in [0.25, 0.3) is 11.8 Å². The fraction of sp³-hybridized carbons (Fsp3) is 0.483. The van der Waals surface area contributed by atoms with Gasteiger partial charge in [0.15, 0.2) is 0 Å². The van der Waals surface area contributed by atoms with Gasteiger partial charge in [-0.25, -0.2) is 0 Å². The fourth-order valence-electron chi connectivity index (χ4n) is 5.33. The van der Waals surface area contributed by atoms with Crippen molar-refractivity contribution in [3.63, 3.8) is 0 Å². The molecule has 2 aromatic carbocycles. The third kappa shape index (κ3) is 7.60. The van der Waals surface area contributed by atoms with E-state index in [1.807, 2.05) is 35.2 Å². The molecule has 0 saturated carbocycles. The molecule has 2 aliphatic heterocycles. The first-order chi connectivity index (χ1) is 18.9. The lowest BCUT2D eigenvalue weighted by molar-refractivity contribution is -0.137. The molecule has 0 spiro atoms. The van der Waals surface area contributed by atoms with Gasteiger partial charge in [0.05, 0.1) is 12.1 Å². The number of carbonyl (C=O) groups excluding carboxylic acids is 3. The van der Waals surface area contributed by atoms with Crippen LogP contribution in [0.1, 0.15) is 46.5 Å². The fourth-order valence-corrected chi connectivity index (χ4v) is 5.33. The van der Waals surface area contributed by atoms with E-state index in [4.69, 9.17) is 0 Å². The van der Waals surface area contributed by atoms with E-state index in [2.05, 4.69) is 34.3 Å². The summed E-state index contributed by atoms with van der Waals surface area (Å²) in [6.45, 7) is 9.26. The number of nitrogens with one attached hydrogen (secondary N) is 2. The van der Waals surface area contributed by atoms with Crippen molar-refractivity contribution in [3.05, 3.63) is 71.3 Å². The van der Waals surface area contributed by atoms with Crippen LogP contribution < -0.4 is 10.6 Å². The number of alkyl halides is 3. The van der Waals surface area contributed by atoms with Crippen molar-refractivity contribution in [2.75, 3.05) is 52.4 Å². The average Bonchev–Trinajstić information content (AvgIpc) is 3.41. The third-order valence-corrected chi connectivity index (χ3v) is 7.56. The lowest BCUT2D eigenvalue weighted by Gasteiger charge is -2.43. The minimum absolute atomic E-state index is 0.0589. The van der Waals surface area contributed by atoms with E-state index < -0.39 is 17.6 Å². The van der Waals surface area contributed by atoms with Gasteiger partial charge in [0.1, 0.15) is 0 Å². The summed E-state index contributed by atoms with van der Waals surface area (Å²) in [5.41, 5.74) is -0.512. The summed E-state index contributed by atoms with van der Waals surface area (Å²) < 4.78 is 38.7. The number of rotatable bonds is 8. The first kappa shape index (κ1) is 29.5. The largest absolute Gasteiger partial charge is 0.416 e. The maximum Gasteiger partial charge on any atom is 0.416 e. The van der Waals surface area contributed by atoms with Crippen LogP contribution in [0.15, 0.2) is 54.6 Å². The minimum atomic E-state index is -4.55. The Kier molecular flexibility index (Phi) is 9.15. The first-order valence-electron chi connectivity index (χ1n) is 13.5. The summed E-state index contributed by atoms with van der Waals surface area (Å²) in [7, 11) is 0. The topological polar surface area (TPSA) is 85.0 Å². The second kappa shape index (κ2) is 12.4. The molecular formula is C29H36F3N5O3. The lowest BCUT2D eigenvalue weighted by Crippen LogP contribution is -2.56. The van der Waals surface area contributed by atoms with Gasteiger partial charge in [-0.05, 0) is 50.6 Å². The van der Waals surface area contributed by atoms with E-state index in [0.717, 1.165) is 50.8 Å². The van der Waals surface area contributed by atoms with Crippen molar-refractivity contribution in [1.29, 1.82) is 0 Å². The van der Waals surface area contributed by atoms with E-state index in [1.54, 1.807) is 0 Å². The molecule has 2 fully saturated rings. The maximum absolute atomic E-state index is 12.9. The van der Waals surface area contributed by atoms with Crippen LogP contribution >= 0.6 is 0 Å². The second-order valence-electron chi connectivity index (χ2n) is 11.0. The lowest BCUT2D eigenvalue weighted by atomic mass is 10.0. The van der Waals surface area contributed by atoms with Crippen LogP contribution in [0.5, 0.6) is 0 Å². The molecule has 2 N–H and O–H groups in total. The third-order valence-electron chi connectivity index (χ3n) is 7.56. The van der Waals surface area contributed by atoms with Crippen molar-refractivity contribution in [2.45, 2.75) is 38.0 Å². The first-order valence-corrected chi connectivity index (χ1v) is 13.5. The number of likely N-dealkylation sites (tertiary alicyclic amines) is 1. The molecule has 8 nitrogen and oxygen atoms in total. The Labute approximate surface area is 232 Å². The number of halogens is 3. The number of amides is 3. The molecule has 0 radical (unpaired) electrons. The highest BCUT2D eigenvalue weighted by Crippen LogP contribution is 2.29. The summed E-state index contributed by atoms with van der Waals surface area (Å²) >= 11 is 0. The SMILES string of the molecule is CC(C)(CN1CCN(C(=O)c2ccccc2)CC1)N1CC[C@@H](NC(=O)CNC(=O)c2cccc(C(F)(F)F)c2)C1. The maximum atomic E-state index is 12.9. The zero-order valence-electron chi connectivity index (χ0n) is 22.8. The number of carbonyl (C=O) groups is 3. The number of piperazine rings is 1. The molecule has 3 amide bonds. The quantitative estimate of drug-likeness (QED) is 0.520. The van der Waals surface area contributed by atoms with Crippen molar-refractivity contribution < 1.29 is 27.6 Å². The zero-order valence-corrected chi connectivity index (χ0v) is 22.8. The van der Waals surface area contributed by atoms with Crippen molar-refractivity contribution >= 4 is 17.7 Å². The molecule has 1 atom stereocenters. The molecule has 2 aliphatic rings. The summed E-state index contributed by atoms with van der Waals surface area (Å²) in [6, 6.07) is 13.3. The Bertz CT molecular complexity index is 1200. The smallest absolute Gasteiger partial charge is 0.350 e. The van der Waals surface area contributed by atoms with Crippen LogP contribution in [0, 0.1) is 0 Å². The Morgan fingerprint density at radius 3 is 2.25 bits per heavy atom. The van der Waals surface area contributed by atoms with Gasteiger partial charge in [-0.2, -0.15) is 13.2 Å². The van der Waals surface area contributed by atoms with Crippen LogP contribution in [-0.4, -0.2) is 96.4 Å². The molecule has 0 aliphatic carbocycles. The summed E-state index contributed by atoms with van der Waals surface area (Å²) in [5, 5.41) is 5.33. The molecule has 2 aromatic rings. The van der Waals surface area contributed by atoms with Crippen molar-refractivity contribution in [3.8, 4) is 0 Å². The summed E-state index contributed by atoms with van der Waals surface area (Å²) in [6.07, 6.45) is -3.79. The monoisotopic (exact) mass is 559 g/mol. The van der Waals surface area contributed by atoms with E-state index in [0.29, 0.717) is 25.2 Å². The predicted octanol–water partition coefficient (Wildman–Crippen LogP) is 2.86. The molecule has 216 valence electrons. The highest BCUT2D eigenvalue weighted by molar-refractivity contribution is 5.96. The number of benzene rings is 2. The Morgan fingerprint density at radius 1 is 0.900 bits per heavy atom. The number of hydrogen-bond donors (Lipinski definition) is 2. The highest BCUT2D eigenvalue weighted by atomic mass is 19.4. The van der Waals surface area contributed by atoms with E-state index in [-0.39, 0.29) is 35.5 Å². The molecule has 2 heterocycles. The van der Waals surface area contributed by atoms with E-state index in [9.17, 15) is 27.6 Å². The van der Waals surface area contributed by atoms with Gasteiger partial charge in [-0.3, -0.25) is 24.2 Å². The summed E-state index contributed by atoms with van der Waals surface area (Å²) in [4.78, 5) is 44.1. The van der Waals surface area contributed by atoms with Crippen LogP contribution in [0.2, 0.25) is 0 Å². The highest BCUT2D eigenvalue weighted by Gasteiger charge is 2.36. The van der Waals surface area contributed by atoms with Gasteiger partial charge < -0.3 is 15.5 Å². The molecule has 0 aromatic heterocycles. The normalized spacial score (nSPS) is 18.9. The van der Waals surface area contributed by atoms with E-state index >= 15 is 0 Å². The Hall–Kier alpha value is -3.44. The standard InChI is InChI=1S/C29H36F3N5O3/c1-28(2,20-35-13-15-36(16-14-35)27(40)21-7-4-3-5-8-21)37-12-11-24(19-37)34-25(38)18-33-26(39)22-9-6-10-23(17-22)29(30,31)32/h3-10,17,24H,11-16,18-20H2,1-2H3,(H,33,39)(H,34,38)/t24-/m1/s1. The Balaban J connectivity index is 1.19. The number of hydrogen-bond acceptors (Lipinski definition) is 5. The molecule has 11 heteroatoms. The number of nitrogens with zero attached hydrogens (tertiary/aromatic N) is 3. The average molecular weight is 560 g/mol. The second-order valence-corrected chi connectivity index (χ2v) is 11.0. The van der Waals surface area contributed by atoms with Crippen molar-refractivity contribution in [2.24, 2.45) is 0 Å². The van der Waals surface area contributed by atoms with Gasteiger partial charge in [-0.15, -0.1) is 0 Å². The van der Waals surface area contributed by atoms with Gasteiger partial charge in [-0.1, -0.05) is 24.3 Å². The molecule has 0 unspecified atom stereocenters. The van der Waals surface area contributed by atoms with Crippen LogP contribution in [-0.2, 0) is 11.0 Å². The Morgan fingerprint density at radius 2 is 1.57 bits per heavy atom. The van der Waals surface area contributed by atoms with Gasteiger partial charge in [0.2, 0.25) is 5.91 Å². The zero-order chi connectivity index (χ0) is 28.9. The van der Waals surface area contributed by atoms with E-state index in [1.165, 1.54) is 6.07 Å².